The van der Waals surface area contributed by atoms with Crippen LogP contribution in [0.3, 0.4) is 0 Å². The molecule has 0 aromatic heterocycles. The van der Waals surface area contributed by atoms with E-state index in [9.17, 15) is 39.9 Å². The van der Waals surface area contributed by atoms with E-state index >= 15 is 0 Å². The average molecular weight is 528 g/mol. The maximum absolute atomic E-state index is 13.6. The first-order valence-electron chi connectivity index (χ1n) is 12.3. The van der Waals surface area contributed by atoms with Crippen LogP contribution in [-0.4, -0.2) is 73.0 Å². The predicted molar refractivity (Wildman–Crippen MR) is 130 cm³/mol. The van der Waals surface area contributed by atoms with E-state index in [2.05, 4.69) is 0 Å². The number of phenolic OH excluding ortho intramolecular Hbond substituents is 2. The zero-order valence-electron chi connectivity index (χ0n) is 20.8. The molecule has 0 spiro atoms. The van der Waals surface area contributed by atoms with Gasteiger partial charge in [-0.15, -0.1) is 0 Å². The van der Waals surface area contributed by atoms with Crippen LogP contribution in [0.1, 0.15) is 81.3 Å². The molecule has 2 aromatic carbocycles. The minimum atomic E-state index is -2.01. The largest absolute Gasteiger partial charge is 0.507 e. The van der Waals surface area contributed by atoms with Gasteiger partial charge in [-0.3, -0.25) is 14.4 Å². The Hall–Kier alpha value is -3.19. The van der Waals surface area contributed by atoms with E-state index in [0.717, 1.165) is 0 Å². The Bertz CT molecular complexity index is 1360. The molecule has 0 radical (unpaired) electrons. The molecule has 1 fully saturated rings. The number of phenols is 2. The number of rotatable bonds is 4. The number of aromatic hydroxyl groups is 2. The fraction of sp³-hybridized carbons (Fsp3) is 0.444. The summed E-state index contributed by atoms with van der Waals surface area (Å²) < 4.78 is 11.8. The van der Waals surface area contributed by atoms with E-state index in [1.165, 1.54) is 25.1 Å². The summed E-state index contributed by atoms with van der Waals surface area (Å²) in [6.45, 7) is 2.24. The lowest BCUT2D eigenvalue weighted by atomic mass is 9.71. The molecule has 1 saturated heterocycles. The van der Waals surface area contributed by atoms with Crippen LogP contribution >= 0.6 is 0 Å². The summed E-state index contributed by atoms with van der Waals surface area (Å²) in [5.41, 5.74) is 2.97. The first-order chi connectivity index (χ1) is 17.9. The number of hydrogen-bond donors (Lipinski definition) is 6. The van der Waals surface area contributed by atoms with E-state index < -0.39 is 89.2 Å². The highest BCUT2D eigenvalue weighted by Crippen LogP contribution is 2.52. The van der Waals surface area contributed by atoms with Crippen molar-refractivity contribution in [1.29, 1.82) is 0 Å². The summed E-state index contributed by atoms with van der Waals surface area (Å²) in [5.74, 6) is -3.43. The van der Waals surface area contributed by atoms with Crippen molar-refractivity contribution >= 4 is 17.3 Å². The monoisotopic (exact) mass is 527 g/mol. The molecule has 5 rings (SSSR count). The fourth-order valence-corrected chi connectivity index (χ4v) is 5.72. The van der Waals surface area contributed by atoms with Gasteiger partial charge in [-0.05, 0) is 19.4 Å². The molecule has 3 aliphatic rings. The molecule has 2 unspecified atom stereocenters. The summed E-state index contributed by atoms with van der Waals surface area (Å²) >= 11 is 0. The Morgan fingerprint density at radius 3 is 2.47 bits per heavy atom. The zero-order chi connectivity index (χ0) is 27.7. The molecule has 2 aliphatic carbocycles. The molecule has 1 heterocycles. The Balaban J connectivity index is 1.68. The van der Waals surface area contributed by atoms with E-state index in [-0.39, 0.29) is 40.7 Å². The van der Waals surface area contributed by atoms with Crippen molar-refractivity contribution in [3.05, 3.63) is 57.1 Å². The van der Waals surface area contributed by atoms with Crippen LogP contribution in [0, 0.1) is 0 Å². The molecule has 7 N–H and O–H groups in total. The van der Waals surface area contributed by atoms with E-state index in [4.69, 9.17) is 15.2 Å². The topological polar surface area (TPSA) is 197 Å². The van der Waals surface area contributed by atoms with Crippen molar-refractivity contribution in [3.8, 4) is 11.5 Å². The van der Waals surface area contributed by atoms with E-state index in [1.807, 2.05) is 0 Å². The zero-order valence-corrected chi connectivity index (χ0v) is 20.8. The van der Waals surface area contributed by atoms with Gasteiger partial charge in [0.25, 0.3) is 0 Å². The minimum absolute atomic E-state index is 0.0497. The third-order valence-corrected chi connectivity index (χ3v) is 7.87. The highest BCUT2D eigenvalue weighted by molar-refractivity contribution is 6.31. The molecule has 202 valence electrons. The number of fused-ring (bicyclic) bond motifs is 3. The van der Waals surface area contributed by atoms with Crippen LogP contribution < -0.4 is 5.73 Å². The summed E-state index contributed by atoms with van der Waals surface area (Å²) in [6.07, 6.45) is -4.62. The Labute approximate surface area is 217 Å². The number of hydrogen-bond acceptors (Lipinski definition) is 11. The van der Waals surface area contributed by atoms with E-state index in [0.29, 0.717) is 0 Å². The van der Waals surface area contributed by atoms with E-state index in [1.54, 1.807) is 6.92 Å². The van der Waals surface area contributed by atoms with Gasteiger partial charge in [-0.1, -0.05) is 18.2 Å². The lowest BCUT2D eigenvalue weighted by Crippen LogP contribution is -2.52. The van der Waals surface area contributed by atoms with Crippen molar-refractivity contribution in [2.45, 2.75) is 76.0 Å². The maximum atomic E-state index is 13.6. The lowest BCUT2D eigenvalue weighted by molar-refractivity contribution is -0.247. The van der Waals surface area contributed by atoms with Crippen LogP contribution in [0.4, 0.5) is 0 Å². The van der Waals surface area contributed by atoms with Gasteiger partial charge in [-0.2, -0.15) is 0 Å². The first kappa shape index (κ1) is 26.4. The number of ether oxygens (including phenoxy) is 2. The third-order valence-electron chi connectivity index (χ3n) is 7.87. The molecule has 38 heavy (non-hydrogen) atoms. The van der Waals surface area contributed by atoms with Gasteiger partial charge in [0.15, 0.2) is 23.6 Å². The normalized spacial score (nSPS) is 30.4. The summed E-state index contributed by atoms with van der Waals surface area (Å²) in [4.78, 5) is 39.5. The van der Waals surface area contributed by atoms with Gasteiger partial charge < -0.3 is 40.7 Å². The van der Waals surface area contributed by atoms with Crippen molar-refractivity contribution in [1.82, 2.24) is 0 Å². The predicted octanol–water partition coefficient (Wildman–Crippen LogP) is 0.513. The second-order valence-electron chi connectivity index (χ2n) is 10.2. The summed E-state index contributed by atoms with van der Waals surface area (Å²) in [6, 6.07) is 3.64. The van der Waals surface area contributed by atoms with Gasteiger partial charge in [0.1, 0.15) is 17.1 Å². The van der Waals surface area contributed by atoms with Crippen LogP contribution in [0.25, 0.3) is 0 Å². The SMILES string of the molecule is CC(=O)[C@]1(O)Cc2c(O)c3c(c(O)c2C(O[C@H]2C[C@@H](N)[C@H](O)C(C)O2)C1)C(=O)c1c(CO)cccc1C3=O. The van der Waals surface area contributed by atoms with Crippen LogP contribution in [0.2, 0.25) is 0 Å². The molecule has 0 saturated carbocycles. The maximum Gasteiger partial charge on any atom is 0.198 e. The standard InChI is InChI=1S/C27H29NO10/c1-10-22(31)15(28)6-17(37-10)38-16-8-27(36,11(2)30)7-14-19(16)26(35)21-20(24(14)33)23(32)13-5-3-4-12(9-29)18(13)25(21)34/h3-5,10,15-17,22,29,31,33,35-36H,6-9,28H2,1-2H3/t10?,15-,16?,17+,22-,27+/m1/s1. The molecular weight excluding hydrogens is 498 g/mol. The molecule has 2 aromatic rings. The molecule has 6 atom stereocenters. The summed E-state index contributed by atoms with van der Waals surface area (Å²) in [5, 5.41) is 53.8. The molecule has 11 nitrogen and oxygen atoms in total. The van der Waals surface area contributed by atoms with Crippen molar-refractivity contribution < 1.29 is 49.4 Å². The van der Waals surface area contributed by atoms with Crippen molar-refractivity contribution in [3.63, 3.8) is 0 Å². The van der Waals surface area contributed by atoms with Crippen LogP contribution in [0.15, 0.2) is 18.2 Å². The summed E-state index contributed by atoms with van der Waals surface area (Å²) in [7, 11) is 0. The number of nitrogens with two attached hydrogens (primary N) is 1. The van der Waals surface area contributed by atoms with Crippen molar-refractivity contribution in [2.24, 2.45) is 5.73 Å². The number of benzene rings is 2. The number of carbonyl (C=O) groups is 3. The molecule has 11 heteroatoms. The van der Waals surface area contributed by atoms with Gasteiger partial charge in [0.05, 0.1) is 36.0 Å². The highest BCUT2D eigenvalue weighted by atomic mass is 16.7. The van der Waals surface area contributed by atoms with Crippen LogP contribution in [-0.2, 0) is 27.3 Å². The fourth-order valence-electron chi connectivity index (χ4n) is 5.72. The highest BCUT2D eigenvalue weighted by Gasteiger charge is 2.49. The van der Waals surface area contributed by atoms with Gasteiger partial charge in [0.2, 0.25) is 0 Å². The number of aliphatic hydroxyl groups excluding tert-OH is 2. The average Bonchev–Trinajstić information content (AvgIpc) is 2.87. The van der Waals surface area contributed by atoms with Gasteiger partial charge in [0, 0.05) is 47.6 Å². The van der Waals surface area contributed by atoms with Gasteiger partial charge >= 0.3 is 0 Å². The molecule has 0 bridgehead atoms. The third kappa shape index (κ3) is 3.85. The molecular formula is C27H29NO10. The Morgan fingerprint density at radius 2 is 1.84 bits per heavy atom. The Kier molecular flexibility index (Phi) is 6.41. The molecule has 0 amide bonds. The molecule has 1 aliphatic heterocycles. The van der Waals surface area contributed by atoms with Crippen molar-refractivity contribution in [2.75, 3.05) is 0 Å². The van der Waals surface area contributed by atoms with Crippen LogP contribution in [0.5, 0.6) is 11.5 Å². The lowest BCUT2D eigenvalue weighted by Gasteiger charge is -2.42. The second kappa shape index (κ2) is 9.23. The number of ketones is 3. The quantitative estimate of drug-likeness (QED) is 0.259. The second-order valence-corrected chi connectivity index (χ2v) is 10.2. The number of carbonyl (C=O) groups excluding carboxylic acids is 3. The minimum Gasteiger partial charge on any atom is -0.507 e. The Morgan fingerprint density at radius 1 is 1.16 bits per heavy atom. The first-order valence-corrected chi connectivity index (χ1v) is 12.3. The smallest absolute Gasteiger partial charge is 0.198 e. The number of Topliss-reactive ketones (excluding diaryl/α,β-unsaturated/α-hetero) is 1. The number of aliphatic hydroxyl groups is 3. The van der Waals surface area contributed by atoms with Gasteiger partial charge in [-0.25, -0.2) is 0 Å².